The number of methoxy groups -OCH3 is 1. The van der Waals surface area contributed by atoms with Crippen LogP contribution in [0, 0.1) is 6.92 Å². The number of carbonyl (C=O) groups is 2. The Hall–Kier alpha value is -2.84. The molecular weight excluding hydrogens is 394 g/mol. The lowest BCUT2D eigenvalue weighted by Crippen LogP contribution is -2.40. The molecule has 2 amide bonds. The second-order valence-corrected chi connectivity index (χ2v) is 7.68. The first-order valence-corrected chi connectivity index (χ1v) is 10.4. The first-order valence-electron chi connectivity index (χ1n) is 10.4. The van der Waals surface area contributed by atoms with Gasteiger partial charge in [-0.2, -0.15) is 0 Å². The number of amides is 2. The van der Waals surface area contributed by atoms with Crippen LogP contribution < -0.4 is 0 Å². The topological polar surface area (TPSA) is 78.9 Å². The number of rotatable bonds is 12. The Morgan fingerprint density at radius 1 is 0.935 bits per heavy atom. The standard InChI is InChI=1S/C23H33N5O3/c1-19-16-25-21(17-24-19)23(30)27(14-15-31-4)11-10-22(29)28(13-12-26(2)3)18-20-8-6-5-7-9-20/h5-9,16-17H,10-15,18H2,1-4H3. The zero-order chi connectivity index (χ0) is 22.6. The van der Waals surface area contributed by atoms with Crippen molar-refractivity contribution in [1.29, 1.82) is 0 Å². The molecule has 2 rings (SSSR count). The fraction of sp³-hybridized carbons (Fsp3) is 0.478. The molecule has 0 bridgehead atoms. The summed E-state index contributed by atoms with van der Waals surface area (Å²) in [6, 6.07) is 9.93. The van der Waals surface area contributed by atoms with Gasteiger partial charge in [0, 0.05) is 52.5 Å². The highest BCUT2D eigenvalue weighted by molar-refractivity contribution is 5.92. The molecule has 1 aromatic carbocycles. The van der Waals surface area contributed by atoms with E-state index in [0.717, 1.165) is 17.8 Å². The van der Waals surface area contributed by atoms with E-state index >= 15 is 0 Å². The minimum Gasteiger partial charge on any atom is -0.383 e. The summed E-state index contributed by atoms with van der Waals surface area (Å²) in [7, 11) is 5.56. The summed E-state index contributed by atoms with van der Waals surface area (Å²) < 4.78 is 5.14. The summed E-state index contributed by atoms with van der Waals surface area (Å²) >= 11 is 0. The number of hydrogen-bond donors (Lipinski definition) is 0. The predicted octanol–water partition coefficient (Wildman–Crippen LogP) is 1.85. The lowest BCUT2D eigenvalue weighted by Gasteiger charge is -2.27. The van der Waals surface area contributed by atoms with Crippen molar-refractivity contribution >= 4 is 11.8 Å². The van der Waals surface area contributed by atoms with Gasteiger partial charge in [-0.1, -0.05) is 30.3 Å². The molecule has 0 aliphatic rings. The number of aromatic nitrogens is 2. The van der Waals surface area contributed by atoms with Crippen LogP contribution in [-0.2, 0) is 16.1 Å². The molecule has 0 unspecified atom stereocenters. The van der Waals surface area contributed by atoms with Gasteiger partial charge in [-0.3, -0.25) is 14.6 Å². The van der Waals surface area contributed by atoms with Crippen LogP contribution in [0.5, 0.6) is 0 Å². The van der Waals surface area contributed by atoms with E-state index in [1.165, 1.54) is 6.20 Å². The Kier molecular flexibility index (Phi) is 10.1. The number of likely N-dealkylation sites (N-methyl/N-ethyl adjacent to an activating group) is 1. The first-order chi connectivity index (χ1) is 14.9. The molecule has 0 saturated heterocycles. The molecule has 0 radical (unpaired) electrons. The zero-order valence-electron chi connectivity index (χ0n) is 19.0. The molecule has 2 aromatic rings. The van der Waals surface area contributed by atoms with Crippen molar-refractivity contribution < 1.29 is 14.3 Å². The zero-order valence-corrected chi connectivity index (χ0v) is 19.0. The number of hydrogen-bond acceptors (Lipinski definition) is 6. The van der Waals surface area contributed by atoms with E-state index < -0.39 is 0 Å². The molecule has 0 fully saturated rings. The molecule has 168 valence electrons. The SMILES string of the molecule is COCCN(CCC(=O)N(CCN(C)C)Cc1ccccc1)C(=O)c1cnc(C)cn1. The summed E-state index contributed by atoms with van der Waals surface area (Å²) in [5.41, 5.74) is 2.09. The van der Waals surface area contributed by atoms with Crippen LogP contribution in [0.25, 0.3) is 0 Å². The van der Waals surface area contributed by atoms with Gasteiger partial charge >= 0.3 is 0 Å². The van der Waals surface area contributed by atoms with Crippen LogP contribution in [0.1, 0.15) is 28.2 Å². The number of aryl methyl sites for hydroxylation is 1. The minimum absolute atomic E-state index is 0.0101. The van der Waals surface area contributed by atoms with Gasteiger partial charge in [-0.25, -0.2) is 4.98 Å². The van der Waals surface area contributed by atoms with Crippen molar-refractivity contribution in [3.63, 3.8) is 0 Å². The number of carbonyl (C=O) groups excluding carboxylic acids is 2. The third-order valence-corrected chi connectivity index (χ3v) is 4.83. The first kappa shape index (κ1) is 24.4. The van der Waals surface area contributed by atoms with Crippen molar-refractivity contribution in [2.45, 2.75) is 19.9 Å². The van der Waals surface area contributed by atoms with Crippen LogP contribution in [0.2, 0.25) is 0 Å². The van der Waals surface area contributed by atoms with Crippen molar-refractivity contribution in [3.05, 3.63) is 59.7 Å². The van der Waals surface area contributed by atoms with Crippen LogP contribution in [0.15, 0.2) is 42.7 Å². The lowest BCUT2D eigenvalue weighted by molar-refractivity contribution is -0.132. The van der Waals surface area contributed by atoms with E-state index in [-0.39, 0.29) is 23.9 Å². The maximum absolute atomic E-state index is 13.1. The molecule has 0 aliphatic carbocycles. The lowest BCUT2D eigenvalue weighted by atomic mass is 10.2. The summed E-state index contributed by atoms with van der Waals surface area (Å²) in [4.78, 5) is 39.8. The maximum Gasteiger partial charge on any atom is 0.274 e. The summed E-state index contributed by atoms with van der Waals surface area (Å²) in [6.45, 7) is 4.81. The molecule has 0 saturated carbocycles. The van der Waals surface area contributed by atoms with Crippen molar-refractivity contribution in [1.82, 2.24) is 24.7 Å². The predicted molar refractivity (Wildman–Crippen MR) is 120 cm³/mol. The minimum atomic E-state index is -0.250. The molecule has 1 aromatic heterocycles. The van der Waals surface area contributed by atoms with Gasteiger partial charge in [0.2, 0.25) is 5.91 Å². The van der Waals surface area contributed by atoms with Gasteiger partial charge in [0.15, 0.2) is 0 Å². The van der Waals surface area contributed by atoms with Crippen LogP contribution >= 0.6 is 0 Å². The molecule has 0 N–H and O–H groups in total. The maximum atomic E-state index is 13.1. The number of ether oxygens (including phenoxy) is 1. The fourth-order valence-electron chi connectivity index (χ4n) is 2.99. The number of nitrogens with zero attached hydrogens (tertiary/aromatic N) is 5. The van der Waals surface area contributed by atoms with Crippen molar-refractivity contribution in [3.8, 4) is 0 Å². The normalized spacial score (nSPS) is 10.9. The van der Waals surface area contributed by atoms with Crippen molar-refractivity contribution in [2.24, 2.45) is 0 Å². The highest BCUT2D eigenvalue weighted by Crippen LogP contribution is 2.09. The van der Waals surface area contributed by atoms with Gasteiger partial charge in [0.1, 0.15) is 5.69 Å². The van der Waals surface area contributed by atoms with Gasteiger partial charge in [0.05, 0.1) is 18.5 Å². The quantitative estimate of drug-likeness (QED) is 0.514. The Morgan fingerprint density at radius 3 is 2.29 bits per heavy atom. The highest BCUT2D eigenvalue weighted by Gasteiger charge is 2.21. The monoisotopic (exact) mass is 427 g/mol. The molecule has 8 nitrogen and oxygen atoms in total. The highest BCUT2D eigenvalue weighted by atomic mass is 16.5. The second-order valence-electron chi connectivity index (χ2n) is 7.68. The molecule has 8 heteroatoms. The third kappa shape index (κ3) is 8.43. The third-order valence-electron chi connectivity index (χ3n) is 4.83. The Labute approximate surface area is 184 Å². The van der Waals surface area contributed by atoms with E-state index in [1.54, 1.807) is 18.2 Å². The largest absolute Gasteiger partial charge is 0.383 e. The molecule has 1 heterocycles. The van der Waals surface area contributed by atoms with Gasteiger partial charge in [-0.05, 0) is 26.6 Å². The van der Waals surface area contributed by atoms with Gasteiger partial charge in [0.25, 0.3) is 5.91 Å². The van der Waals surface area contributed by atoms with Crippen molar-refractivity contribution in [2.75, 3.05) is 54.0 Å². The molecular formula is C23H33N5O3. The second kappa shape index (κ2) is 12.8. The Morgan fingerprint density at radius 2 is 1.68 bits per heavy atom. The molecule has 0 spiro atoms. The average Bonchev–Trinajstić information content (AvgIpc) is 2.77. The van der Waals surface area contributed by atoms with Gasteiger partial charge in [-0.15, -0.1) is 0 Å². The molecule has 0 atom stereocenters. The summed E-state index contributed by atoms with van der Waals surface area (Å²) in [5, 5.41) is 0. The van der Waals surface area contributed by atoms with E-state index in [4.69, 9.17) is 4.74 Å². The van der Waals surface area contributed by atoms with E-state index in [2.05, 4.69) is 14.9 Å². The van der Waals surface area contributed by atoms with Gasteiger partial charge < -0.3 is 19.4 Å². The van der Waals surface area contributed by atoms with Crippen LogP contribution in [0.4, 0.5) is 0 Å². The summed E-state index contributed by atoms with van der Waals surface area (Å²) in [6.07, 6.45) is 3.27. The fourth-order valence-corrected chi connectivity index (χ4v) is 2.99. The number of benzene rings is 1. The smallest absolute Gasteiger partial charge is 0.274 e. The Balaban J connectivity index is 2.05. The average molecular weight is 428 g/mol. The molecule has 0 aliphatic heterocycles. The van der Waals surface area contributed by atoms with Crippen LogP contribution in [-0.4, -0.2) is 90.5 Å². The molecule has 31 heavy (non-hydrogen) atoms. The Bertz CT molecular complexity index is 812. The van der Waals surface area contributed by atoms with E-state index in [9.17, 15) is 9.59 Å². The van der Waals surface area contributed by atoms with Crippen LogP contribution in [0.3, 0.4) is 0 Å². The van der Waals surface area contributed by atoms with E-state index in [1.807, 2.05) is 56.3 Å². The van der Waals surface area contributed by atoms with E-state index in [0.29, 0.717) is 32.8 Å². The summed E-state index contributed by atoms with van der Waals surface area (Å²) in [5.74, 6) is -0.240.